The van der Waals surface area contributed by atoms with Gasteiger partial charge in [0.2, 0.25) is 0 Å². The van der Waals surface area contributed by atoms with E-state index in [0.717, 1.165) is 11.1 Å². The number of ether oxygens (including phenoxy) is 1. The second-order valence-electron chi connectivity index (χ2n) is 5.93. The van der Waals surface area contributed by atoms with Gasteiger partial charge >= 0.3 is 6.09 Å². The van der Waals surface area contributed by atoms with Gasteiger partial charge in [0.1, 0.15) is 5.60 Å². The smallest absolute Gasteiger partial charge is 0.410 e. The first-order chi connectivity index (χ1) is 9.83. The van der Waals surface area contributed by atoms with Gasteiger partial charge in [0.15, 0.2) is 0 Å². The molecule has 0 N–H and O–H groups in total. The van der Waals surface area contributed by atoms with E-state index in [2.05, 4.69) is 18.7 Å². The predicted molar refractivity (Wildman–Crippen MR) is 88.1 cm³/mol. The molecular weight excluding hydrogens is 262 g/mol. The topological polar surface area (TPSA) is 29.5 Å². The monoisotopic (exact) mass is 287 g/mol. The molecule has 0 atom stereocenters. The lowest BCUT2D eigenvalue weighted by Crippen LogP contribution is -2.37. The summed E-state index contributed by atoms with van der Waals surface area (Å²) < 4.78 is 5.40. The van der Waals surface area contributed by atoms with E-state index in [1.54, 1.807) is 11.0 Å². The molecule has 0 unspecified atom stereocenters. The summed E-state index contributed by atoms with van der Waals surface area (Å²) in [5.74, 6) is 0. The quantitative estimate of drug-likeness (QED) is 0.745. The van der Waals surface area contributed by atoms with E-state index in [-0.39, 0.29) is 6.09 Å². The fourth-order valence-corrected chi connectivity index (χ4v) is 1.77. The summed E-state index contributed by atoms with van der Waals surface area (Å²) in [6, 6.07) is 10.1. The molecule has 0 aliphatic rings. The third kappa shape index (κ3) is 6.30. The van der Waals surface area contributed by atoms with E-state index in [4.69, 9.17) is 4.74 Å². The van der Waals surface area contributed by atoms with Gasteiger partial charge in [-0.2, -0.15) is 0 Å². The lowest BCUT2D eigenvalue weighted by Gasteiger charge is -2.26. The third-order valence-electron chi connectivity index (χ3n) is 2.85. The lowest BCUT2D eigenvalue weighted by atomic mass is 10.1. The Hall–Kier alpha value is -2.03. The Morgan fingerprint density at radius 3 is 2.38 bits per heavy atom. The van der Waals surface area contributed by atoms with Gasteiger partial charge in [0, 0.05) is 13.1 Å². The summed E-state index contributed by atoms with van der Waals surface area (Å²) in [6.45, 7) is 12.3. The lowest BCUT2D eigenvalue weighted by molar-refractivity contribution is 0.0292. The van der Waals surface area contributed by atoms with Gasteiger partial charge < -0.3 is 9.64 Å². The van der Waals surface area contributed by atoms with Gasteiger partial charge in [-0.1, -0.05) is 42.5 Å². The van der Waals surface area contributed by atoms with Crippen LogP contribution in [0.3, 0.4) is 0 Å². The number of amides is 1. The molecule has 21 heavy (non-hydrogen) atoms. The van der Waals surface area contributed by atoms with Gasteiger partial charge in [-0.15, -0.1) is 6.58 Å². The van der Waals surface area contributed by atoms with Crippen LogP contribution in [0.1, 0.15) is 33.3 Å². The Morgan fingerprint density at radius 1 is 1.24 bits per heavy atom. The number of allylic oxidation sites excluding steroid dienone is 1. The van der Waals surface area contributed by atoms with Crippen molar-refractivity contribution in [1.82, 2.24) is 4.90 Å². The maximum atomic E-state index is 12.1. The highest BCUT2D eigenvalue weighted by molar-refractivity contribution is 5.70. The molecule has 0 fully saturated rings. The van der Waals surface area contributed by atoms with Crippen molar-refractivity contribution < 1.29 is 9.53 Å². The summed E-state index contributed by atoms with van der Waals surface area (Å²) in [5.41, 5.74) is 1.79. The molecule has 3 heteroatoms. The summed E-state index contributed by atoms with van der Waals surface area (Å²) in [4.78, 5) is 13.8. The molecule has 0 bridgehead atoms. The average Bonchev–Trinajstić information content (AvgIpc) is 2.42. The molecule has 0 saturated heterocycles. The van der Waals surface area contributed by atoms with Crippen molar-refractivity contribution in [2.45, 2.75) is 33.3 Å². The van der Waals surface area contributed by atoms with Gasteiger partial charge in [-0.3, -0.25) is 0 Å². The number of benzene rings is 1. The number of rotatable bonds is 5. The highest BCUT2D eigenvalue weighted by Gasteiger charge is 2.20. The number of nitrogens with zero attached hydrogens (tertiary/aromatic N) is 1. The maximum Gasteiger partial charge on any atom is 0.410 e. The number of hydrogen-bond acceptors (Lipinski definition) is 2. The predicted octanol–water partition coefficient (Wildman–Crippen LogP) is 4.51. The Morgan fingerprint density at radius 2 is 1.86 bits per heavy atom. The van der Waals surface area contributed by atoms with Crippen molar-refractivity contribution >= 4 is 11.7 Å². The molecule has 0 aromatic heterocycles. The fraction of sp³-hybridized carbons (Fsp3) is 0.389. The molecule has 3 nitrogen and oxygen atoms in total. The van der Waals surface area contributed by atoms with Crippen LogP contribution in [0.4, 0.5) is 4.79 Å². The first-order valence-electron chi connectivity index (χ1n) is 7.14. The molecule has 0 radical (unpaired) electrons. The van der Waals surface area contributed by atoms with Crippen LogP contribution in [-0.4, -0.2) is 29.7 Å². The molecule has 0 saturated carbocycles. The zero-order valence-corrected chi connectivity index (χ0v) is 13.4. The Kier molecular flexibility index (Phi) is 6.22. The largest absolute Gasteiger partial charge is 0.444 e. The van der Waals surface area contributed by atoms with Gasteiger partial charge in [-0.25, -0.2) is 4.79 Å². The minimum absolute atomic E-state index is 0.320. The summed E-state index contributed by atoms with van der Waals surface area (Å²) >= 11 is 0. The Bertz CT molecular complexity index is 498. The molecule has 0 aliphatic carbocycles. The zero-order valence-electron chi connectivity index (χ0n) is 13.4. The van der Waals surface area contributed by atoms with E-state index in [1.165, 1.54) is 0 Å². The van der Waals surface area contributed by atoms with Gasteiger partial charge in [0.05, 0.1) is 0 Å². The molecule has 1 amide bonds. The molecule has 0 aliphatic heterocycles. The van der Waals surface area contributed by atoms with Crippen LogP contribution >= 0.6 is 0 Å². The van der Waals surface area contributed by atoms with Crippen LogP contribution in [0.5, 0.6) is 0 Å². The molecule has 1 aromatic carbocycles. The van der Waals surface area contributed by atoms with Crippen molar-refractivity contribution in [1.29, 1.82) is 0 Å². The fourth-order valence-electron chi connectivity index (χ4n) is 1.77. The van der Waals surface area contributed by atoms with Crippen molar-refractivity contribution in [3.63, 3.8) is 0 Å². The average molecular weight is 287 g/mol. The van der Waals surface area contributed by atoms with E-state index >= 15 is 0 Å². The SMILES string of the molecule is C=CCN(CC=C(C)c1ccccc1)C(=O)OC(C)(C)C. The first-order valence-corrected chi connectivity index (χ1v) is 7.14. The standard InChI is InChI=1S/C18H25NO2/c1-6-13-19(17(20)21-18(3,4)5)14-12-15(2)16-10-8-7-9-11-16/h6-12H,1,13-14H2,2-5H3. The summed E-state index contributed by atoms with van der Waals surface area (Å²) in [5, 5.41) is 0. The minimum atomic E-state index is -0.491. The number of hydrogen-bond donors (Lipinski definition) is 0. The number of carbonyl (C=O) groups is 1. The molecule has 0 heterocycles. The molecule has 1 rings (SSSR count). The van der Waals surface area contributed by atoms with E-state index < -0.39 is 5.60 Å². The van der Waals surface area contributed by atoms with Crippen LogP contribution in [0.15, 0.2) is 49.1 Å². The van der Waals surface area contributed by atoms with E-state index in [0.29, 0.717) is 13.1 Å². The summed E-state index contributed by atoms with van der Waals surface area (Å²) in [6.07, 6.45) is 3.41. The van der Waals surface area contributed by atoms with E-state index in [9.17, 15) is 4.79 Å². The zero-order chi connectivity index (χ0) is 15.9. The Labute approximate surface area is 127 Å². The van der Waals surface area contributed by atoms with Crippen molar-refractivity contribution in [3.05, 3.63) is 54.6 Å². The maximum absolute atomic E-state index is 12.1. The van der Waals surface area contributed by atoms with Crippen LogP contribution in [0.2, 0.25) is 0 Å². The van der Waals surface area contributed by atoms with Crippen molar-refractivity contribution in [2.75, 3.05) is 13.1 Å². The van der Waals surface area contributed by atoms with Crippen LogP contribution in [0, 0.1) is 0 Å². The molecule has 1 aromatic rings. The highest BCUT2D eigenvalue weighted by Crippen LogP contribution is 2.14. The third-order valence-corrected chi connectivity index (χ3v) is 2.85. The van der Waals surface area contributed by atoms with Crippen LogP contribution < -0.4 is 0 Å². The van der Waals surface area contributed by atoms with Gasteiger partial charge in [-0.05, 0) is 38.8 Å². The normalized spacial score (nSPS) is 11.9. The molecular formula is C18H25NO2. The highest BCUT2D eigenvalue weighted by atomic mass is 16.6. The Balaban J connectivity index is 2.75. The second kappa shape index (κ2) is 7.67. The second-order valence-corrected chi connectivity index (χ2v) is 5.93. The van der Waals surface area contributed by atoms with Crippen LogP contribution in [-0.2, 0) is 4.74 Å². The molecule has 0 spiro atoms. The van der Waals surface area contributed by atoms with Crippen molar-refractivity contribution in [2.24, 2.45) is 0 Å². The summed E-state index contributed by atoms with van der Waals surface area (Å²) in [7, 11) is 0. The van der Waals surface area contributed by atoms with Crippen molar-refractivity contribution in [3.8, 4) is 0 Å². The number of carbonyl (C=O) groups excluding carboxylic acids is 1. The first kappa shape index (κ1) is 17.0. The van der Waals surface area contributed by atoms with Crippen LogP contribution in [0.25, 0.3) is 5.57 Å². The molecule has 114 valence electrons. The minimum Gasteiger partial charge on any atom is -0.444 e. The van der Waals surface area contributed by atoms with Gasteiger partial charge in [0.25, 0.3) is 0 Å². The van der Waals surface area contributed by atoms with E-state index in [1.807, 2.05) is 52.0 Å².